The van der Waals surface area contributed by atoms with Crippen molar-refractivity contribution >= 4 is 58.2 Å². The fourth-order valence-electron chi connectivity index (χ4n) is 4.64. The van der Waals surface area contributed by atoms with E-state index in [0.717, 1.165) is 21.8 Å². The lowest BCUT2D eigenvalue weighted by molar-refractivity contribution is 0.0899. The fraction of sp³-hybridized carbons (Fsp3) is 0.480. The van der Waals surface area contributed by atoms with Crippen molar-refractivity contribution in [2.45, 2.75) is 51.1 Å². The fourth-order valence-corrected chi connectivity index (χ4v) is 6.52. The lowest BCUT2D eigenvalue weighted by Crippen LogP contribution is -2.50. The summed E-state index contributed by atoms with van der Waals surface area (Å²) in [6.07, 6.45) is 1.19. The minimum atomic E-state index is -1.26. The minimum absolute atomic E-state index is 0.0983. The maximum absolute atomic E-state index is 14.5. The number of thiazole rings is 1. The first-order valence-electron chi connectivity index (χ1n) is 12.4. The van der Waals surface area contributed by atoms with Crippen LogP contribution in [0.5, 0.6) is 0 Å². The molecule has 1 saturated heterocycles. The summed E-state index contributed by atoms with van der Waals surface area (Å²) in [5.74, 6) is 0.420. The molecule has 1 aliphatic heterocycles. The molecule has 2 N–H and O–H groups in total. The molecule has 4 aromatic rings. The Morgan fingerprint density at radius 3 is 2.81 bits per heavy atom. The van der Waals surface area contributed by atoms with Crippen LogP contribution >= 0.6 is 22.9 Å². The van der Waals surface area contributed by atoms with Gasteiger partial charge < -0.3 is 19.9 Å². The smallest absolute Gasteiger partial charge is 0.264 e. The van der Waals surface area contributed by atoms with Gasteiger partial charge in [0, 0.05) is 51.6 Å². The summed E-state index contributed by atoms with van der Waals surface area (Å²) in [6, 6.07) is 4.32. The predicted molar refractivity (Wildman–Crippen MR) is 152 cm³/mol. The van der Waals surface area contributed by atoms with Crippen LogP contribution in [0.4, 0.5) is 10.3 Å². The van der Waals surface area contributed by atoms with E-state index in [1.165, 1.54) is 15.9 Å². The molecule has 1 aromatic carbocycles. The van der Waals surface area contributed by atoms with Crippen LogP contribution in [-0.2, 0) is 18.5 Å². The number of fused-ring (bicyclic) bond motifs is 2. The highest BCUT2D eigenvalue weighted by molar-refractivity contribution is 7.17. The van der Waals surface area contributed by atoms with Gasteiger partial charge in [-0.1, -0.05) is 37.3 Å². The Bertz CT molecular complexity index is 1510. The van der Waals surface area contributed by atoms with Crippen LogP contribution in [0.15, 0.2) is 28.6 Å². The molecule has 0 amide bonds. The third kappa shape index (κ3) is 5.07. The molecular weight excluding hydrogens is 531 g/mol. The number of rotatable bonds is 7. The molecule has 0 spiro atoms. The van der Waals surface area contributed by atoms with E-state index in [1.807, 2.05) is 22.9 Å². The third-order valence-corrected chi connectivity index (χ3v) is 9.97. The average molecular weight is 563 g/mol. The van der Waals surface area contributed by atoms with Gasteiger partial charge in [0.05, 0.1) is 32.7 Å². The highest BCUT2D eigenvalue weighted by Crippen LogP contribution is 2.39. The van der Waals surface area contributed by atoms with Gasteiger partial charge >= 0.3 is 0 Å². The lowest BCUT2D eigenvalue weighted by Gasteiger charge is -2.34. The summed E-state index contributed by atoms with van der Waals surface area (Å²) >= 11 is 8.28. The van der Waals surface area contributed by atoms with E-state index in [-0.39, 0.29) is 18.8 Å². The van der Waals surface area contributed by atoms with Gasteiger partial charge in [0.1, 0.15) is 12.9 Å². The first kappa shape index (κ1) is 26.3. The highest BCUT2D eigenvalue weighted by Gasteiger charge is 2.30. The standard InChI is InChI=1S/C25H32ClFN6O2SSi/c1-31-24(34)20-16(15-5-6-19-22(21(15)26)36-13-29-19)11-33(14-35-9-10-37(2,3)4)23(20)30-25(31)32-8-7-18(28)17(27)12-32/h5-6,11,13,17-18H,7-10,12,14,28H2,1-4H3/t17-,18+/m1/s1. The molecule has 1 aliphatic rings. The van der Waals surface area contributed by atoms with Gasteiger partial charge in [-0.25, -0.2) is 9.37 Å². The Balaban J connectivity index is 1.63. The van der Waals surface area contributed by atoms with Crippen LogP contribution in [0.2, 0.25) is 30.7 Å². The molecule has 8 nitrogen and oxygen atoms in total. The van der Waals surface area contributed by atoms with Gasteiger partial charge in [0.15, 0.2) is 5.65 Å². The average Bonchev–Trinajstić information content (AvgIpc) is 3.46. The number of piperidine rings is 1. The molecule has 37 heavy (non-hydrogen) atoms. The summed E-state index contributed by atoms with van der Waals surface area (Å²) in [7, 11) is 0.411. The van der Waals surface area contributed by atoms with E-state index < -0.39 is 20.3 Å². The molecule has 4 heterocycles. The van der Waals surface area contributed by atoms with E-state index in [2.05, 4.69) is 24.6 Å². The van der Waals surface area contributed by atoms with E-state index in [9.17, 15) is 9.18 Å². The van der Waals surface area contributed by atoms with Crippen LogP contribution in [-0.4, -0.2) is 59.1 Å². The van der Waals surface area contributed by atoms with Gasteiger partial charge in [-0.05, 0) is 18.5 Å². The van der Waals surface area contributed by atoms with Crippen molar-refractivity contribution in [3.05, 3.63) is 39.2 Å². The second-order valence-corrected chi connectivity index (χ2v) is 17.7. The summed E-state index contributed by atoms with van der Waals surface area (Å²) in [4.78, 5) is 24.8. The molecule has 12 heteroatoms. The van der Waals surface area contributed by atoms with Crippen LogP contribution in [0.3, 0.4) is 0 Å². The number of aromatic nitrogens is 4. The van der Waals surface area contributed by atoms with Crippen LogP contribution in [0, 0.1) is 0 Å². The first-order valence-corrected chi connectivity index (χ1v) is 17.4. The molecule has 1 fully saturated rings. The SMILES string of the molecule is Cn1c(N2CC[C@H](N)[C@H](F)C2)nc2c(c(-c3ccc4ncsc4c3Cl)cn2COCC[Si](C)(C)C)c1=O. The normalized spacial score (nSPS) is 18.8. The summed E-state index contributed by atoms with van der Waals surface area (Å²) in [6.45, 7) is 8.41. The number of ether oxygens (including phenoxy) is 1. The Morgan fingerprint density at radius 2 is 2.08 bits per heavy atom. The van der Waals surface area contributed by atoms with Crippen molar-refractivity contribution in [3.63, 3.8) is 0 Å². The zero-order chi connectivity index (χ0) is 26.5. The molecule has 3 aromatic heterocycles. The van der Waals surface area contributed by atoms with E-state index >= 15 is 0 Å². The number of nitrogens with zero attached hydrogens (tertiary/aromatic N) is 5. The van der Waals surface area contributed by atoms with Crippen LogP contribution in [0.25, 0.3) is 32.4 Å². The molecular formula is C25H32ClFN6O2SSi. The van der Waals surface area contributed by atoms with Crippen molar-refractivity contribution in [2.24, 2.45) is 12.8 Å². The topological polar surface area (TPSA) is 91.2 Å². The van der Waals surface area contributed by atoms with Crippen LogP contribution in [0.1, 0.15) is 6.42 Å². The number of anilines is 1. The lowest BCUT2D eigenvalue weighted by atomic mass is 10.0. The molecule has 0 saturated carbocycles. The number of hydrogen-bond donors (Lipinski definition) is 1. The van der Waals surface area contributed by atoms with Gasteiger partial charge in [0.2, 0.25) is 5.95 Å². The zero-order valence-electron chi connectivity index (χ0n) is 21.5. The van der Waals surface area contributed by atoms with Crippen LogP contribution < -0.4 is 16.2 Å². The quantitative estimate of drug-likeness (QED) is 0.256. The van der Waals surface area contributed by atoms with Gasteiger partial charge in [-0.3, -0.25) is 9.36 Å². The third-order valence-electron chi connectivity index (χ3n) is 6.90. The molecule has 0 unspecified atom stereocenters. The van der Waals surface area contributed by atoms with Crippen molar-refractivity contribution < 1.29 is 9.13 Å². The number of halogens is 2. The maximum Gasteiger partial charge on any atom is 0.264 e. The van der Waals surface area contributed by atoms with E-state index in [4.69, 9.17) is 27.1 Å². The van der Waals surface area contributed by atoms with Gasteiger partial charge in [0.25, 0.3) is 5.56 Å². The summed E-state index contributed by atoms with van der Waals surface area (Å²) in [5.41, 5.74) is 10.2. The van der Waals surface area contributed by atoms with E-state index in [0.29, 0.717) is 47.1 Å². The Hall–Kier alpha value is -2.31. The first-order chi connectivity index (χ1) is 17.5. The van der Waals surface area contributed by atoms with Crippen molar-refractivity contribution in [3.8, 4) is 11.1 Å². The molecule has 0 bridgehead atoms. The monoisotopic (exact) mass is 562 g/mol. The van der Waals surface area contributed by atoms with Gasteiger partial charge in [-0.15, -0.1) is 11.3 Å². The van der Waals surface area contributed by atoms with Crippen molar-refractivity contribution in [1.82, 2.24) is 19.1 Å². The summed E-state index contributed by atoms with van der Waals surface area (Å²) < 4.78 is 24.7. The zero-order valence-corrected chi connectivity index (χ0v) is 24.1. The minimum Gasteiger partial charge on any atom is -0.361 e. The number of hydrogen-bond acceptors (Lipinski definition) is 7. The molecule has 198 valence electrons. The summed E-state index contributed by atoms with van der Waals surface area (Å²) in [5, 5.41) is 1.01. The molecule has 0 aliphatic carbocycles. The Morgan fingerprint density at radius 1 is 1.30 bits per heavy atom. The maximum atomic E-state index is 14.5. The second kappa shape index (κ2) is 10.1. The second-order valence-electron chi connectivity index (χ2n) is 10.9. The number of nitrogens with two attached hydrogens (primary N) is 1. The largest absolute Gasteiger partial charge is 0.361 e. The number of alkyl halides is 1. The highest BCUT2D eigenvalue weighted by atomic mass is 35.5. The molecule has 0 radical (unpaired) electrons. The van der Waals surface area contributed by atoms with Gasteiger partial charge in [-0.2, -0.15) is 4.98 Å². The van der Waals surface area contributed by atoms with E-state index in [1.54, 1.807) is 17.5 Å². The Kier molecular flexibility index (Phi) is 7.18. The molecule has 2 atom stereocenters. The Labute approximate surface area is 224 Å². The number of benzene rings is 1. The van der Waals surface area contributed by atoms with Crippen molar-refractivity contribution in [2.75, 3.05) is 24.6 Å². The van der Waals surface area contributed by atoms with Crippen molar-refractivity contribution in [1.29, 1.82) is 0 Å². The predicted octanol–water partition coefficient (Wildman–Crippen LogP) is 4.85. The molecule has 5 rings (SSSR count).